The van der Waals surface area contributed by atoms with Crippen LogP contribution < -0.4 is 0 Å². The first kappa shape index (κ1) is 9.54. The van der Waals surface area contributed by atoms with Crippen LogP contribution in [0.3, 0.4) is 0 Å². The van der Waals surface area contributed by atoms with E-state index < -0.39 is 0 Å². The SMILES string of the molecule is OC[C@@H]1CC(c2ncc(Br)cn2)=NO1. The van der Waals surface area contributed by atoms with E-state index in [1.165, 1.54) is 0 Å². The summed E-state index contributed by atoms with van der Waals surface area (Å²) in [7, 11) is 0. The third-order valence-corrected chi connectivity index (χ3v) is 2.22. The zero-order valence-electron chi connectivity index (χ0n) is 7.22. The fraction of sp³-hybridized carbons (Fsp3) is 0.375. The van der Waals surface area contributed by atoms with Gasteiger partial charge in [0, 0.05) is 18.8 Å². The van der Waals surface area contributed by atoms with Crippen LogP contribution in [0.25, 0.3) is 0 Å². The molecule has 74 valence electrons. The lowest BCUT2D eigenvalue weighted by atomic mass is 10.2. The number of rotatable bonds is 2. The van der Waals surface area contributed by atoms with Crippen molar-refractivity contribution < 1.29 is 9.94 Å². The first-order valence-corrected chi connectivity index (χ1v) is 4.90. The van der Waals surface area contributed by atoms with Gasteiger partial charge in [-0.1, -0.05) is 5.16 Å². The third-order valence-electron chi connectivity index (χ3n) is 1.82. The summed E-state index contributed by atoms with van der Waals surface area (Å²) in [6.45, 7) is -0.0382. The molecule has 2 rings (SSSR count). The number of aliphatic hydroxyl groups is 1. The summed E-state index contributed by atoms with van der Waals surface area (Å²) in [5, 5.41) is 12.6. The van der Waals surface area contributed by atoms with Crippen LogP contribution in [-0.2, 0) is 4.84 Å². The Bertz CT molecular complexity index is 352. The van der Waals surface area contributed by atoms with Gasteiger partial charge in [0.25, 0.3) is 0 Å². The minimum absolute atomic E-state index is 0.0382. The molecule has 14 heavy (non-hydrogen) atoms. The molecule has 0 spiro atoms. The molecule has 0 aromatic carbocycles. The Balaban J connectivity index is 2.13. The predicted molar refractivity (Wildman–Crippen MR) is 52.8 cm³/mol. The van der Waals surface area contributed by atoms with E-state index >= 15 is 0 Å². The zero-order chi connectivity index (χ0) is 9.97. The Morgan fingerprint density at radius 1 is 1.50 bits per heavy atom. The Kier molecular flexibility index (Phi) is 2.74. The molecular weight excluding hydrogens is 250 g/mol. The van der Waals surface area contributed by atoms with Gasteiger partial charge in [0.2, 0.25) is 0 Å². The van der Waals surface area contributed by atoms with Crippen molar-refractivity contribution >= 4 is 21.6 Å². The molecule has 0 fully saturated rings. The van der Waals surface area contributed by atoms with Crippen LogP contribution in [0.1, 0.15) is 12.2 Å². The highest BCUT2D eigenvalue weighted by molar-refractivity contribution is 9.10. The van der Waals surface area contributed by atoms with Crippen LogP contribution >= 0.6 is 15.9 Å². The van der Waals surface area contributed by atoms with Crippen LogP contribution in [0.15, 0.2) is 22.0 Å². The predicted octanol–water partition coefficient (Wildman–Crippen LogP) is 0.724. The zero-order valence-corrected chi connectivity index (χ0v) is 8.81. The van der Waals surface area contributed by atoms with Crippen LogP contribution in [0, 0.1) is 0 Å². The van der Waals surface area contributed by atoms with Crippen molar-refractivity contribution in [2.45, 2.75) is 12.5 Å². The van der Waals surface area contributed by atoms with Crippen molar-refractivity contribution in [3.8, 4) is 0 Å². The van der Waals surface area contributed by atoms with E-state index in [1.807, 2.05) is 0 Å². The summed E-state index contributed by atoms with van der Waals surface area (Å²) in [6, 6.07) is 0. The molecule has 1 aliphatic heterocycles. The van der Waals surface area contributed by atoms with Gasteiger partial charge >= 0.3 is 0 Å². The molecule has 0 unspecified atom stereocenters. The Labute approximate surface area is 88.9 Å². The molecule has 6 heteroatoms. The molecule has 5 nitrogen and oxygen atoms in total. The van der Waals surface area contributed by atoms with Crippen LogP contribution in [0.5, 0.6) is 0 Å². The maximum atomic E-state index is 8.83. The summed E-state index contributed by atoms with van der Waals surface area (Å²) >= 11 is 3.24. The van der Waals surface area contributed by atoms with Gasteiger partial charge in [-0.3, -0.25) is 0 Å². The molecule has 1 aromatic heterocycles. The Morgan fingerprint density at radius 3 is 2.79 bits per heavy atom. The van der Waals surface area contributed by atoms with E-state index in [0.717, 1.165) is 4.47 Å². The number of aliphatic hydroxyl groups excluding tert-OH is 1. The number of hydrogen-bond donors (Lipinski definition) is 1. The molecule has 1 aromatic rings. The molecule has 1 atom stereocenters. The number of hydrogen-bond acceptors (Lipinski definition) is 5. The maximum absolute atomic E-state index is 8.83. The summed E-state index contributed by atoms with van der Waals surface area (Å²) in [6.07, 6.45) is 3.60. The Morgan fingerprint density at radius 2 is 2.21 bits per heavy atom. The molecule has 0 aliphatic carbocycles. The second-order valence-corrected chi connectivity index (χ2v) is 3.79. The summed E-state index contributed by atoms with van der Waals surface area (Å²) in [5.41, 5.74) is 0.677. The van der Waals surface area contributed by atoms with Gasteiger partial charge in [-0.05, 0) is 15.9 Å². The van der Waals surface area contributed by atoms with Gasteiger partial charge in [-0.2, -0.15) is 0 Å². The van der Waals surface area contributed by atoms with E-state index in [9.17, 15) is 0 Å². The van der Waals surface area contributed by atoms with E-state index in [0.29, 0.717) is 18.0 Å². The summed E-state index contributed by atoms with van der Waals surface area (Å²) < 4.78 is 0.819. The first-order valence-electron chi connectivity index (χ1n) is 4.11. The van der Waals surface area contributed by atoms with Crippen molar-refractivity contribution in [2.24, 2.45) is 5.16 Å². The number of nitrogens with zero attached hydrogens (tertiary/aromatic N) is 3. The highest BCUT2D eigenvalue weighted by atomic mass is 79.9. The van der Waals surface area contributed by atoms with Crippen molar-refractivity contribution in [3.63, 3.8) is 0 Å². The molecule has 1 aliphatic rings. The van der Waals surface area contributed by atoms with Crippen molar-refractivity contribution in [1.82, 2.24) is 9.97 Å². The summed E-state index contributed by atoms with van der Waals surface area (Å²) in [4.78, 5) is 13.1. The number of halogens is 1. The second kappa shape index (κ2) is 4.02. The average molecular weight is 258 g/mol. The van der Waals surface area contributed by atoms with E-state index in [1.54, 1.807) is 12.4 Å². The smallest absolute Gasteiger partial charge is 0.177 e. The second-order valence-electron chi connectivity index (χ2n) is 2.88. The van der Waals surface area contributed by atoms with Gasteiger partial charge in [0.05, 0.1) is 11.1 Å². The fourth-order valence-corrected chi connectivity index (χ4v) is 1.32. The summed E-state index contributed by atoms with van der Waals surface area (Å²) in [5.74, 6) is 0.546. The van der Waals surface area contributed by atoms with Crippen LogP contribution in [0.2, 0.25) is 0 Å². The first-order chi connectivity index (χ1) is 6.79. The third kappa shape index (κ3) is 1.91. The van der Waals surface area contributed by atoms with Crippen LogP contribution in [0.4, 0.5) is 0 Å². The lowest BCUT2D eigenvalue weighted by Crippen LogP contribution is -2.14. The highest BCUT2D eigenvalue weighted by Gasteiger charge is 2.22. The number of oxime groups is 1. The van der Waals surface area contributed by atoms with Gasteiger partial charge in [0.1, 0.15) is 5.71 Å². The van der Waals surface area contributed by atoms with Crippen molar-refractivity contribution in [3.05, 3.63) is 22.7 Å². The van der Waals surface area contributed by atoms with E-state index in [4.69, 9.17) is 9.94 Å². The van der Waals surface area contributed by atoms with Crippen LogP contribution in [-0.4, -0.2) is 33.5 Å². The topological polar surface area (TPSA) is 67.6 Å². The lowest BCUT2D eigenvalue weighted by Gasteiger charge is -2.00. The van der Waals surface area contributed by atoms with Gasteiger partial charge in [-0.25, -0.2) is 9.97 Å². The molecule has 1 N–H and O–H groups in total. The van der Waals surface area contributed by atoms with Crippen molar-refractivity contribution in [1.29, 1.82) is 0 Å². The molecule has 0 saturated carbocycles. The van der Waals surface area contributed by atoms with Crippen molar-refractivity contribution in [2.75, 3.05) is 6.61 Å². The standard InChI is InChI=1S/C8H8BrN3O2/c9-5-2-10-8(11-3-5)7-1-6(4-13)14-12-7/h2-3,6,13H,1,4H2/t6-/m0/s1. The molecular formula is C8H8BrN3O2. The minimum atomic E-state index is -0.253. The molecule has 0 bridgehead atoms. The number of aromatic nitrogens is 2. The quantitative estimate of drug-likeness (QED) is 0.848. The monoisotopic (exact) mass is 257 g/mol. The van der Waals surface area contributed by atoms with E-state index in [2.05, 4.69) is 31.1 Å². The fourth-order valence-electron chi connectivity index (χ4n) is 1.12. The highest BCUT2D eigenvalue weighted by Crippen LogP contribution is 2.14. The van der Waals surface area contributed by atoms with Gasteiger partial charge < -0.3 is 9.94 Å². The largest absolute Gasteiger partial charge is 0.392 e. The van der Waals surface area contributed by atoms with Gasteiger partial charge in [0.15, 0.2) is 11.9 Å². The molecule has 2 heterocycles. The van der Waals surface area contributed by atoms with E-state index in [-0.39, 0.29) is 12.7 Å². The van der Waals surface area contributed by atoms with Gasteiger partial charge in [-0.15, -0.1) is 0 Å². The maximum Gasteiger partial charge on any atom is 0.177 e. The minimum Gasteiger partial charge on any atom is -0.392 e. The average Bonchev–Trinajstić information content (AvgIpc) is 2.67. The molecule has 0 saturated heterocycles. The normalized spacial score (nSPS) is 20.4. The Hall–Kier alpha value is -1.01. The lowest BCUT2D eigenvalue weighted by molar-refractivity contribution is 0.0390. The molecule has 0 amide bonds. The molecule has 0 radical (unpaired) electrons.